The quantitative estimate of drug-likeness (QED) is 0.0526. The van der Waals surface area contributed by atoms with Crippen LogP contribution in [-0.2, 0) is 23.7 Å². The molecule has 2 unspecified atom stereocenters. The van der Waals surface area contributed by atoms with Gasteiger partial charge >= 0.3 is 6.09 Å². The SMILES string of the molecule is C=NC(COCCOC)OC(=O)NCC(COCCCCCCCCCCCCCC)OCCCCCCCCCCCCCC. The van der Waals surface area contributed by atoms with Crippen molar-refractivity contribution in [3.8, 4) is 0 Å². The van der Waals surface area contributed by atoms with Crippen LogP contribution in [0.15, 0.2) is 4.99 Å². The van der Waals surface area contributed by atoms with Crippen LogP contribution in [-0.4, -0.2) is 78.4 Å². The number of nitrogens with one attached hydrogen (secondary N) is 1. The van der Waals surface area contributed by atoms with E-state index >= 15 is 0 Å². The lowest BCUT2D eigenvalue weighted by atomic mass is 10.1. The Morgan fingerprint density at radius 1 is 0.587 bits per heavy atom. The molecule has 0 rings (SSSR count). The minimum Gasteiger partial charge on any atom is -0.421 e. The fraction of sp³-hybridized carbons (Fsp3) is 0.947. The van der Waals surface area contributed by atoms with Crippen molar-refractivity contribution in [2.24, 2.45) is 4.99 Å². The molecule has 274 valence electrons. The zero-order valence-corrected chi connectivity index (χ0v) is 30.7. The summed E-state index contributed by atoms with van der Waals surface area (Å²) < 4.78 is 27.8. The largest absolute Gasteiger partial charge is 0.421 e. The van der Waals surface area contributed by atoms with Crippen molar-refractivity contribution < 1.29 is 28.5 Å². The average molecular weight is 657 g/mol. The van der Waals surface area contributed by atoms with Crippen LogP contribution >= 0.6 is 0 Å². The summed E-state index contributed by atoms with van der Waals surface area (Å²) in [5.41, 5.74) is 0. The number of hydrogen-bond donors (Lipinski definition) is 1. The summed E-state index contributed by atoms with van der Waals surface area (Å²) >= 11 is 0. The van der Waals surface area contributed by atoms with Gasteiger partial charge in [0, 0.05) is 26.9 Å². The van der Waals surface area contributed by atoms with Crippen LogP contribution in [0.4, 0.5) is 4.79 Å². The third kappa shape index (κ3) is 34.1. The van der Waals surface area contributed by atoms with Crippen molar-refractivity contribution >= 4 is 12.8 Å². The number of rotatable bonds is 38. The normalized spacial score (nSPS) is 12.7. The van der Waals surface area contributed by atoms with Crippen LogP contribution < -0.4 is 5.32 Å². The first kappa shape index (κ1) is 44.8. The number of ether oxygens (including phenoxy) is 5. The number of amides is 1. The number of carbonyl (C=O) groups excluding carboxylic acids is 1. The topological polar surface area (TPSA) is 87.6 Å². The fourth-order valence-corrected chi connectivity index (χ4v) is 5.43. The summed E-state index contributed by atoms with van der Waals surface area (Å²) in [5, 5.41) is 2.81. The number of aliphatic imine (C=N–C) groups is 1. The van der Waals surface area contributed by atoms with E-state index in [4.69, 9.17) is 23.7 Å². The maximum absolute atomic E-state index is 12.4. The molecule has 0 aromatic carbocycles. The van der Waals surface area contributed by atoms with E-state index in [-0.39, 0.29) is 12.7 Å². The molecular weight excluding hydrogens is 580 g/mol. The van der Waals surface area contributed by atoms with Crippen molar-refractivity contribution in [1.82, 2.24) is 5.32 Å². The fourth-order valence-electron chi connectivity index (χ4n) is 5.43. The Morgan fingerprint density at radius 3 is 1.48 bits per heavy atom. The molecule has 0 aliphatic heterocycles. The number of hydrogen-bond acceptors (Lipinski definition) is 7. The second-order valence-corrected chi connectivity index (χ2v) is 12.8. The first-order chi connectivity index (χ1) is 22.7. The molecule has 46 heavy (non-hydrogen) atoms. The average Bonchev–Trinajstić information content (AvgIpc) is 3.06. The standard InChI is InChI=1S/C38H76N2O6/c1-5-7-9-11-13-15-17-19-21-23-25-27-29-43-34-36(33-40-38(41)46-37(39-3)35-44-32-31-42-4)45-30-28-26-24-22-20-18-16-14-12-10-8-6-2/h36-37H,3,5-35H2,1-2,4H3,(H,40,41). The first-order valence-electron chi connectivity index (χ1n) is 19.3. The van der Waals surface area contributed by atoms with E-state index in [0.717, 1.165) is 19.4 Å². The van der Waals surface area contributed by atoms with E-state index in [1.807, 2.05) is 0 Å². The predicted octanol–water partition coefficient (Wildman–Crippen LogP) is 10.2. The second-order valence-electron chi connectivity index (χ2n) is 12.8. The van der Waals surface area contributed by atoms with Gasteiger partial charge in [-0.2, -0.15) is 0 Å². The maximum atomic E-state index is 12.4. The van der Waals surface area contributed by atoms with E-state index in [2.05, 4.69) is 30.9 Å². The number of methoxy groups -OCH3 is 1. The molecule has 0 radical (unpaired) electrons. The lowest BCUT2D eigenvalue weighted by molar-refractivity contribution is -0.0205. The third-order valence-electron chi connectivity index (χ3n) is 8.41. The van der Waals surface area contributed by atoms with Crippen LogP contribution in [0.1, 0.15) is 168 Å². The van der Waals surface area contributed by atoms with Crippen molar-refractivity contribution in [2.75, 3.05) is 53.3 Å². The highest BCUT2D eigenvalue weighted by molar-refractivity contribution is 5.67. The van der Waals surface area contributed by atoms with Gasteiger partial charge in [0.25, 0.3) is 0 Å². The van der Waals surface area contributed by atoms with Gasteiger partial charge in [-0.25, -0.2) is 4.79 Å². The van der Waals surface area contributed by atoms with Gasteiger partial charge in [-0.05, 0) is 19.6 Å². The van der Waals surface area contributed by atoms with Gasteiger partial charge < -0.3 is 29.0 Å². The lowest BCUT2D eigenvalue weighted by Gasteiger charge is -2.20. The van der Waals surface area contributed by atoms with Crippen molar-refractivity contribution in [2.45, 2.75) is 180 Å². The summed E-state index contributed by atoms with van der Waals surface area (Å²) in [6, 6.07) is 0. The molecule has 8 nitrogen and oxygen atoms in total. The highest BCUT2D eigenvalue weighted by Crippen LogP contribution is 2.13. The van der Waals surface area contributed by atoms with Gasteiger partial charge in [-0.15, -0.1) is 0 Å². The van der Waals surface area contributed by atoms with Crippen LogP contribution in [0.5, 0.6) is 0 Å². The van der Waals surface area contributed by atoms with Gasteiger partial charge in [0.15, 0.2) is 0 Å². The lowest BCUT2D eigenvalue weighted by Crippen LogP contribution is -2.38. The smallest absolute Gasteiger partial charge is 0.409 e. The molecule has 0 saturated carbocycles. The maximum Gasteiger partial charge on any atom is 0.409 e. The Bertz CT molecular complexity index is 624. The molecule has 8 heteroatoms. The van der Waals surface area contributed by atoms with Crippen LogP contribution in [0.3, 0.4) is 0 Å². The summed E-state index contributed by atoms with van der Waals surface area (Å²) in [6.07, 6.45) is 30.1. The molecule has 0 aromatic heterocycles. The molecule has 0 fully saturated rings. The van der Waals surface area contributed by atoms with E-state index in [9.17, 15) is 4.79 Å². The Kier molecular flexibility index (Phi) is 37.2. The summed E-state index contributed by atoms with van der Waals surface area (Å²) in [5.74, 6) is 0. The molecule has 0 spiro atoms. The molecule has 0 saturated heterocycles. The van der Waals surface area contributed by atoms with Crippen molar-refractivity contribution in [3.63, 3.8) is 0 Å². The van der Waals surface area contributed by atoms with Gasteiger partial charge in [-0.3, -0.25) is 4.99 Å². The van der Waals surface area contributed by atoms with E-state index in [1.165, 1.54) is 141 Å². The number of nitrogens with zero attached hydrogens (tertiary/aromatic N) is 1. The van der Waals surface area contributed by atoms with Crippen molar-refractivity contribution in [1.29, 1.82) is 0 Å². The predicted molar refractivity (Wildman–Crippen MR) is 193 cm³/mol. The molecule has 1 amide bonds. The molecule has 0 aliphatic rings. The molecule has 2 atom stereocenters. The third-order valence-corrected chi connectivity index (χ3v) is 8.41. The first-order valence-corrected chi connectivity index (χ1v) is 19.3. The Hall–Kier alpha value is -1.22. The van der Waals surface area contributed by atoms with E-state index in [1.54, 1.807) is 7.11 Å². The summed E-state index contributed by atoms with van der Waals surface area (Å²) in [6.45, 7) is 11.2. The van der Waals surface area contributed by atoms with Crippen LogP contribution in [0.25, 0.3) is 0 Å². The molecule has 1 N–H and O–H groups in total. The zero-order valence-electron chi connectivity index (χ0n) is 30.7. The van der Waals surface area contributed by atoms with Gasteiger partial charge in [0.2, 0.25) is 6.23 Å². The highest BCUT2D eigenvalue weighted by Gasteiger charge is 2.16. The Labute approximate surface area is 284 Å². The number of carbonyl (C=O) groups is 1. The van der Waals surface area contributed by atoms with Gasteiger partial charge in [0.1, 0.15) is 6.61 Å². The molecular formula is C38H76N2O6. The molecule has 0 heterocycles. The van der Waals surface area contributed by atoms with Crippen LogP contribution in [0.2, 0.25) is 0 Å². The Morgan fingerprint density at radius 2 is 1.02 bits per heavy atom. The van der Waals surface area contributed by atoms with E-state index in [0.29, 0.717) is 33.0 Å². The summed E-state index contributed by atoms with van der Waals surface area (Å²) in [7, 11) is 1.61. The Balaban J connectivity index is 4.19. The minimum absolute atomic E-state index is 0.140. The molecule has 0 bridgehead atoms. The number of alkyl carbamates (subject to hydrolysis) is 1. The molecule has 0 aliphatic carbocycles. The monoisotopic (exact) mass is 657 g/mol. The summed E-state index contributed by atoms with van der Waals surface area (Å²) in [4.78, 5) is 16.2. The van der Waals surface area contributed by atoms with Crippen LogP contribution in [0, 0.1) is 0 Å². The van der Waals surface area contributed by atoms with Crippen molar-refractivity contribution in [3.05, 3.63) is 0 Å². The minimum atomic E-state index is -0.765. The zero-order chi connectivity index (χ0) is 33.6. The van der Waals surface area contributed by atoms with Gasteiger partial charge in [-0.1, -0.05) is 155 Å². The van der Waals surface area contributed by atoms with Gasteiger partial charge in [0.05, 0.1) is 25.9 Å². The highest BCUT2D eigenvalue weighted by atomic mass is 16.6. The second kappa shape index (κ2) is 38.2. The molecule has 0 aromatic rings. The number of unbranched alkanes of at least 4 members (excludes halogenated alkanes) is 22. The van der Waals surface area contributed by atoms with E-state index < -0.39 is 12.3 Å².